The third-order valence-electron chi connectivity index (χ3n) is 4.45. The smallest absolute Gasteiger partial charge is 0.126 e. The number of nitrogens with one attached hydrogen (secondary N) is 2. The zero-order valence-corrected chi connectivity index (χ0v) is 12.6. The van der Waals surface area contributed by atoms with Crippen LogP contribution in [0.2, 0.25) is 0 Å². The van der Waals surface area contributed by atoms with E-state index in [1.54, 1.807) is 0 Å². The average Bonchev–Trinajstić information content (AvgIpc) is 2.97. The first kappa shape index (κ1) is 13.4. The number of hydrogen-bond donors (Lipinski definition) is 2. The standard InChI is InChI=1S/C17H23N3/c1-17(2,18-3)16-19-11-15(20-16)14-9-8-12-6-4-5-7-13(12)10-14/h8-11,18H,4-7H2,1-3H3,(H,19,20). The van der Waals surface area contributed by atoms with Crippen LogP contribution in [0, 0.1) is 0 Å². The Labute approximate surface area is 120 Å². The number of fused-ring (bicyclic) bond motifs is 1. The molecule has 0 saturated heterocycles. The van der Waals surface area contributed by atoms with E-state index in [1.807, 2.05) is 13.2 Å². The fraction of sp³-hybridized carbons (Fsp3) is 0.471. The molecule has 3 rings (SSSR count). The van der Waals surface area contributed by atoms with Gasteiger partial charge in [0.1, 0.15) is 5.82 Å². The summed E-state index contributed by atoms with van der Waals surface area (Å²) in [6.07, 6.45) is 7.04. The number of aromatic amines is 1. The van der Waals surface area contributed by atoms with Gasteiger partial charge in [0.05, 0.1) is 17.4 Å². The molecule has 0 amide bonds. The lowest BCUT2D eigenvalue weighted by molar-refractivity contribution is 0.421. The fourth-order valence-electron chi connectivity index (χ4n) is 2.80. The first-order chi connectivity index (χ1) is 9.60. The second kappa shape index (κ2) is 5.06. The summed E-state index contributed by atoms with van der Waals surface area (Å²) in [5.41, 5.74) is 5.26. The molecule has 0 bridgehead atoms. The molecule has 0 atom stereocenters. The van der Waals surface area contributed by atoms with E-state index in [0.717, 1.165) is 11.5 Å². The highest BCUT2D eigenvalue weighted by atomic mass is 15.0. The van der Waals surface area contributed by atoms with Gasteiger partial charge in [-0.15, -0.1) is 0 Å². The molecule has 0 fully saturated rings. The maximum atomic E-state index is 4.53. The Morgan fingerprint density at radius 2 is 1.90 bits per heavy atom. The summed E-state index contributed by atoms with van der Waals surface area (Å²) in [5.74, 6) is 0.979. The maximum Gasteiger partial charge on any atom is 0.126 e. The summed E-state index contributed by atoms with van der Waals surface area (Å²) < 4.78 is 0. The second-order valence-electron chi connectivity index (χ2n) is 6.21. The third kappa shape index (κ3) is 2.38. The fourth-order valence-corrected chi connectivity index (χ4v) is 2.80. The van der Waals surface area contributed by atoms with E-state index >= 15 is 0 Å². The topological polar surface area (TPSA) is 40.7 Å². The second-order valence-corrected chi connectivity index (χ2v) is 6.21. The minimum atomic E-state index is -0.132. The molecule has 1 aliphatic rings. The summed E-state index contributed by atoms with van der Waals surface area (Å²) in [6, 6.07) is 6.83. The lowest BCUT2D eigenvalue weighted by Gasteiger charge is -2.21. The highest BCUT2D eigenvalue weighted by molar-refractivity contribution is 5.61. The van der Waals surface area contributed by atoms with Crippen LogP contribution in [0.5, 0.6) is 0 Å². The Kier molecular flexibility index (Phi) is 3.38. The van der Waals surface area contributed by atoms with Crippen LogP contribution in [0.15, 0.2) is 24.4 Å². The summed E-state index contributed by atoms with van der Waals surface area (Å²) in [4.78, 5) is 7.98. The quantitative estimate of drug-likeness (QED) is 0.896. The molecule has 1 heterocycles. The van der Waals surface area contributed by atoms with Gasteiger partial charge in [-0.3, -0.25) is 0 Å². The Balaban J connectivity index is 1.94. The van der Waals surface area contributed by atoms with Gasteiger partial charge in [0, 0.05) is 0 Å². The zero-order chi connectivity index (χ0) is 14.2. The molecule has 0 unspecified atom stereocenters. The first-order valence-corrected chi connectivity index (χ1v) is 7.47. The van der Waals surface area contributed by atoms with Gasteiger partial charge in [-0.25, -0.2) is 4.98 Å². The van der Waals surface area contributed by atoms with Crippen LogP contribution in [0.3, 0.4) is 0 Å². The summed E-state index contributed by atoms with van der Waals surface area (Å²) in [7, 11) is 1.96. The van der Waals surface area contributed by atoms with E-state index in [9.17, 15) is 0 Å². The molecule has 1 aromatic carbocycles. The largest absolute Gasteiger partial charge is 0.340 e. The monoisotopic (exact) mass is 269 g/mol. The number of rotatable bonds is 3. The van der Waals surface area contributed by atoms with Crippen molar-refractivity contribution in [3.63, 3.8) is 0 Å². The molecular formula is C17H23N3. The lowest BCUT2D eigenvalue weighted by Crippen LogP contribution is -2.34. The summed E-state index contributed by atoms with van der Waals surface area (Å²) in [6.45, 7) is 4.25. The number of aromatic nitrogens is 2. The Morgan fingerprint density at radius 3 is 2.65 bits per heavy atom. The van der Waals surface area contributed by atoms with Crippen LogP contribution >= 0.6 is 0 Å². The molecule has 0 radical (unpaired) electrons. The predicted molar refractivity (Wildman–Crippen MR) is 82.8 cm³/mol. The van der Waals surface area contributed by atoms with Crippen molar-refractivity contribution in [3.05, 3.63) is 41.3 Å². The van der Waals surface area contributed by atoms with Gasteiger partial charge in [-0.05, 0) is 69.3 Å². The van der Waals surface area contributed by atoms with Crippen LogP contribution in [-0.4, -0.2) is 17.0 Å². The highest BCUT2D eigenvalue weighted by Gasteiger charge is 2.21. The van der Waals surface area contributed by atoms with Crippen LogP contribution in [0.4, 0.5) is 0 Å². The maximum absolute atomic E-state index is 4.53. The summed E-state index contributed by atoms with van der Waals surface area (Å²) in [5, 5.41) is 3.28. The van der Waals surface area contributed by atoms with Crippen LogP contribution in [-0.2, 0) is 18.4 Å². The molecule has 2 aromatic rings. The van der Waals surface area contributed by atoms with Crippen LogP contribution < -0.4 is 5.32 Å². The number of H-pyrrole nitrogens is 1. The summed E-state index contributed by atoms with van der Waals surface area (Å²) >= 11 is 0. The van der Waals surface area contributed by atoms with E-state index in [-0.39, 0.29) is 5.54 Å². The van der Waals surface area contributed by atoms with Crippen LogP contribution in [0.1, 0.15) is 43.6 Å². The predicted octanol–water partition coefficient (Wildman–Crippen LogP) is 3.41. The van der Waals surface area contributed by atoms with Gasteiger partial charge in [-0.1, -0.05) is 12.1 Å². The van der Waals surface area contributed by atoms with Gasteiger partial charge < -0.3 is 10.3 Å². The van der Waals surface area contributed by atoms with Crippen molar-refractivity contribution >= 4 is 0 Å². The minimum Gasteiger partial charge on any atom is -0.340 e. The molecule has 0 aliphatic heterocycles. The number of imidazole rings is 1. The number of benzene rings is 1. The molecular weight excluding hydrogens is 246 g/mol. The molecule has 106 valence electrons. The Hall–Kier alpha value is -1.61. The molecule has 2 N–H and O–H groups in total. The number of hydrogen-bond acceptors (Lipinski definition) is 2. The third-order valence-corrected chi connectivity index (χ3v) is 4.45. The first-order valence-electron chi connectivity index (χ1n) is 7.47. The van der Waals surface area contributed by atoms with Crippen LogP contribution in [0.25, 0.3) is 11.3 Å². The molecule has 0 saturated carbocycles. The van der Waals surface area contributed by atoms with Gasteiger partial charge in [0.25, 0.3) is 0 Å². The lowest BCUT2D eigenvalue weighted by atomic mass is 9.90. The highest BCUT2D eigenvalue weighted by Crippen LogP contribution is 2.27. The van der Waals surface area contributed by atoms with Crippen molar-refractivity contribution in [2.24, 2.45) is 0 Å². The molecule has 20 heavy (non-hydrogen) atoms. The van der Waals surface area contributed by atoms with Crippen molar-refractivity contribution in [2.45, 2.75) is 45.1 Å². The normalized spacial score (nSPS) is 15.2. The van der Waals surface area contributed by atoms with Crippen molar-refractivity contribution in [1.29, 1.82) is 0 Å². The van der Waals surface area contributed by atoms with Crippen molar-refractivity contribution < 1.29 is 0 Å². The van der Waals surface area contributed by atoms with Gasteiger partial charge in [-0.2, -0.15) is 0 Å². The van der Waals surface area contributed by atoms with E-state index in [0.29, 0.717) is 0 Å². The molecule has 3 heteroatoms. The van der Waals surface area contributed by atoms with Gasteiger partial charge >= 0.3 is 0 Å². The average molecular weight is 269 g/mol. The van der Waals surface area contributed by atoms with E-state index < -0.39 is 0 Å². The van der Waals surface area contributed by atoms with Gasteiger partial charge in [0.2, 0.25) is 0 Å². The molecule has 1 aliphatic carbocycles. The Morgan fingerprint density at radius 1 is 1.15 bits per heavy atom. The van der Waals surface area contributed by atoms with Gasteiger partial charge in [0.15, 0.2) is 0 Å². The number of nitrogens with zero attached hydrogens (tertiary/aromatic N) is 1. The molecule has 1 aromatic heterocycles. The Bertz CT molecular complexity index is 610. The number of aryl methyl sites for hydroxylation is 2. The van der Waals surface area contributed by atoms with E-state index in [2.05, 4.69) is 47.3 Å². The zero-order valence-electron chi connectivity index (χ0n) is 12.6. The molecule has 0 spiro atoms. The van der Waals surface area contributed by atoms with E-state index in [4.69, 9.17) is 0 Å². The van der Waals surface area contributed by atoms with Crippen molar-refractivity contribution in [2.75, 3.05) is 7.05 Å². The molecule has 3 nitrogen and oxygen atoms in total. The van der Waals surface area contributed by atoms with E-state index in [1.165, 1.54) is 42.4 Å². The van der Waals surface area contributed by atoms with Crippen molar-refractivity contribution in [1.82, 2.24) is 15.3 Å². The SMILES string of the molecule is CNC(C)(C)c1ncc(-c2ccc3c(c2)CCCC3)[nH]1. The van der Waals surface area contributed by atoms with Crippen molar-refractivity contribution in [3.8, 4) is 11.3 Å². The minimum absolute atomic E-state index is 0.132.